The maximum absolute atomic E-state index is 13.5. The summed E-state index contributed by atoms with van der Waals surface area (Å²) < 4.78 is 11.6. The Morgan fingerprint density at radius 2 is 1.02 bits per heavy atom. The SMILES string of the molecule is CCCCC/C=C\C/C=C\CCCCCCCCOC(=O)C1CC(OC(=O)CCCCN2C[C@@H](C)[C@@H](C)C2)CN1C(=O)CCCCCCC/C=C\C/C=C\CCCCC. The second kappa shape index (κ2) is 36.0. The monoisotopic (exact) mass is 823 g/mol. The van der Waals surface area contributed by atoms with E-state index in [-0.39, 0.29) is 24.4 Å². The number of allylic oxidation sites excluding steroid dienone is 8. The highest BCUT2D eigenvalue weighted by atomic mass is 16.5. The summed E-state index contributed by atoms with van der Waals surface area (Å²) >= 11 is 0. The summed E-state index contributed by atoms with van der Waals surface area (Å²) in [6.45, 7) is 13.1. The standard InChI is InChI=1S/C52H90N2O5/c1-5-7-9-11-13-15-17-19-21-23-25-27-29-31-33-37-41-58-52(57)49-42-48(59-51(56)39-35-36-40-53-43-46(3)47(4)44-53)45-54(49)50(55)38-34-32-30-28-26-24-22-20-18-16-14-12-10-8-6-2/h13-16,19-22,46-49H,5-12,17-18,23-45H2,1-4H3/b15-13-,16-14-,21-19-,22-20-/t46-,47+,48?,49?. The van der Waals surface area contributed by atoms with Gasteiger partial charge in [-0.15, -0.1) is 0 Å². The maximum Gasteiger partial charge on any atom is 0.329 e. The normalized spacial score (nSPS) is 20.0. The molecule has 1 amide bonds. The smallest absolute Gasteiger partial charge is 0.329 e. The minimum atomic E-state index is -0.679. The average Bonchev–Trinajstić information content (AvgIpc) is 3.80. The fourth-order valence-corrected chi connectivity index (χ4v) is 8.25. The topological polar surface area (TPSA) is 76.2 Å². The lowest BCUT2D eigenvalue weighted by molar-refractivity contribution is -0.153. The van der Waals surface area contributed by atoms with E-state index in [2.05, 4.69) is 81.2 Å². The molecule has 2 unspecified atom stereocenters. The largest absolute Gasteiger partial charge is 0.464 e. The molecule has 7 heteroatoms. The van der Waals surface area contributed by atoms with Gasteiger partial charge in [-0.05, 0) is 108 Å². The molecular weight excluding hydrogens is 733 g/mol. The van der Waals surface area contributed by atoms with Crippen molar-refractivity contribution in [1.29, 1.82) is 0 Å². The summed E-state index contributed by atoms with van der Waals surface area (Å²) in [5, 5.41) is 0. The quantitative estimate of drug-likeness (QED) is 0.0356. The molecule has 0 radical (unpaired) electrons. The summed E-state index contributed by atoms with van der Waals surface area (Å²) in [5.41, 5.74) is 0. The summed E-state index contributed by atoms with van der Waals surface area (Å²) in [4.78, 5) is 43.9. The van der Waals surface area contributed by atoms with Crippen molar-refractivity contribution in [2.75, 3.05) is 32.8 Å². The van der Waals surface area contributed by atoms with Gasteiger partial charge < -0.3 is 19.3 Å². The lowest BCUT2D eigenvalue weighted by atomic mass is 10.0. The van der Waals surface area contributed by atoms with Crippen LogP contribution in [0.25, 0.3) is 0 Å². The number of ether oxygens (including phenoxy) is 2. The third-order valence-electron chi connectivity index (χ3n) is 12.3. The molecule has 0 spiro atoms. The molecule has 2 heterocycles. The Labute approximate surface area is 363 Å². The van der Waals surface area contributed by atoms with Crippen molar-refractivity contribution in [3.8, 4) is 0 Å². The van der Waals surface area contributed by atoms with Crippen LogP contribution < -0.4 is 0 Å². The van der Waals surface area contributed by atoms with Gasteiger partial charge in [-0.2, -0.15) is 0 Å². The predicted molar refractivity (Wildman–Crippen MR) is 248 cm³/mol. The van der Waals surface area contributed by atoms with Crippen LogP contribution in [-0.2, 0) is 23.9 Å². The van der Waals surface area contributed by atoms with Crippen molar-refractivity contribution >= 4 is 17.8 Å². The number of unbranched alkanes of at least 4 members (excludes halogenated alkanes) is 18. The van der Waals surface area contributed by atoms with Crippen LogP contribution >= 0.6 is 0 Å². The first kappa shape index (κ1) is 52.5. The zero-order valence-corrected chi connectivity index (χ0v) is 38.7. The Morgan fingerprint density at radius 3 is 1.56 bits per heavy atom. The van der Waals surface area contributed by atoms with Gasteiger partial charge in [-0.3, -0.25) is 9.59 Å². The van der Waals surface area contributed by atoms with Crippen LogP contribution in [0.2, 0.25) is 0 Å². The number of rotatable bonds is 36. The van der Waals surface area contributed by atoms with Crippen molar-refractivity contribution < 1.29 is 23.9 Å². The van der Waals surface area contributed by atoms with Crippen molar-refractivity contribution in [3.63, 3.8) is 0 Å². The molecule has 0 aromatic carbocycles. The van der Waals surface area contributed by atoms with Gasteiger partial charge in [0.1, 0.15) is 12.1 Å². The van der Waals surface area contributed by atoms with Crippen molar-refractivity contribution in [1.82, 2.24) is 9.80 Å². The summed E-state index contributed by atoms with van der Waals surface area (Å²) in [6, 6.07) is -0.679. The van der Waals surface area contributed by atoms with Crippen LogP contribution in [0.3, 0.4) is 0 Å². The Kier molecular flexibility index (Phi) is 32.0. The summed E-state index contributed by atoms with van der Waals surface area (Å²) in [5.74, 6) is 0.850. The molecule has 59 heavy (non-hydrogen) atoms. The molecule has 0 saturated carbocycles. The van der Waals surface area contributed by atoms with Crippen molar-refractivity contribution in [3.05, 3.63) is 48.6 Å². The molecular formula is C52H90N2O5. The van der Waals surface area contributed by atoms with Crippen LogP contribution in [0.4, 0.5) is 0 Å². The lowest BCUT2D eigenvalue weighted by Crippen LogP contribution is -2.41. The third kappa shape index (κ3) is 27.0. The van der Waals surface area contributed by atoms with Crippen LogP contribution in [0.5, 0.6) is 0 Å². The van der Waals surface area contributed by atoms with E-state index in [0.717, 1.165) is 115 Å². The van der Waals surface area contributed by atoms with Gasteiger partial charge in [0, 0.05) is 32.4 Å². The maximum atomic E-state index is 13.5. The highest BCUT2D eigenvalue weighted by molar-refractivity contribution is 5.85. The van der Waals surface area contributed by atoms with Gasteiger partial charge in [0.25, 0.3) is 0 Å². The van der Waals surface area contributed by atoms with Gasteiger partial charge in [0.15, 0.2) is 0 Å². The van der Waals surface area contributed by atoms with Crippen molar-refractivity contribution in [2.45, 2.75) is 220 Å². The zero-order chi connectivity index (χ0) is 42.6. The second-order valence-electron chi connectivity index (χ2n) is 17.8. The highest BCUT2D eigenvalue weighted by Gasteiger charge is 2.42. The number of likely N-dealkylation sites (tertiary alicyclic amines) is 2. The first-order valence-electron chi connectivity index (χ1n) is 24.8. The molecule has 2 saturated heterocycles. The first-order chi connectivity index (χ1) is 28.8. The molecule has 4 atom stereocenters. The number of carbonyl (C=O) groups is 3. The Morgan fingerprint density at radius 1 is 0.542 bits per heavy atom. The molecule has 2 aliphatic heterocycles. The number of amides is 1. The van der Waals surface area contributed by atoms with E-state index in [4.69, 9.17) is 9.47 Å². The van der Waals surface area contributed by atoms with Gasteiger partial charge >= 0.3 is 11.9 Å². The predicted octanol–water partition coefficient (Wildman–Crippen LogP) is 13.4. The van der Waals surface area contributed by atoms with Gasteiger partial charge in [-0.25, -0.2) is 4.79 Å². The number of nitrogens with zero attached hydrogens (tertiary/aromatic N) is 2. The fraction of sp³-hybridized carbons (Fsp3) is 0.788. The van der Waals surface area contributed by atoms with Crippen LogP contribution in [0, 0.1) is 11.8 Å². The number of hydrogen-bond donors (Lipinski definition) is 0. The first-order valence-corrected chi connectivity index (χ1v) is 24.8. The Bertz CT molecular complexity index is 1180. The minimum Gasteiger partial charge on any atom is -0.464 e. The molecule has 0 N–H and O–H groups in total. The summed E-state index contributed by atoms with van der Waals surface area (Å²) in [6.07, 6.45) is 47.1. The number of hydrogen-bond acceptors (Lipinski definition) is 6. The van der Waals surface area contributed by atoms with E-state index in [1.165, 1.54) is 77.0 Å². The van der Waals surface area contributed by atoms with E-state index >= 15 is 0 Å². The molecule has 2 rings (SSSR count). The Balaban J connectivity index is 1.68. The molecule has 0 aliphatic carbocycles. The molecule has 0 aromatic rings. The van der Waals surface area contributed by atoms with Crippen molar-refractivity contribution in [2.24, 2.45) is 11.8 Å². The van der Waals surface area contributed by atoms with Gasteiger partial charge in [0.05, 0.1) is 13.2 Å². The highest BCUT2D eigenvalue weighted by Crippen LogP contribution is 2.25. The van der Waals surface area contributed by atoms with E-state index < -0.39 is 12.1 Å². The summed E-state index contributed by atoms with van der Waals surface area (Å²) in [7, 11) is 0. The minimum absolute atomic E-state index is 0.0287. The zero-order valence-electron chi connectivity index (χ0n) is 38.7. The average molecular weight is 823 g/mol. The Hall–Kier alpha value is -2.67. The van der Waals surface area contributed by atoms with Gasteiger partial charge in [0.2, 0.25) is 5.91 Å². The van der Waals surface area contributed by atoms with Crippen LogP contribution in [0.15, 0.2) is 48.6 Å². The molecule has 7 nitrogen and oxygen atoms in total. The molecule has 0 aromatic heterocycles. The number of carbonyl (C=O) groups excluding carboxylic acids is 3. The molecule has 338 valence electrons. The van der Waals surface area contributed by atoms with E-state index in [9.17, 15) is 14.4 Å². The van der Waals surface area contributed by atoms with Gasteiger partial charge in [-0.1, -0.05) is 147 Å². The van der Waals surface area contributed by atoms with E-state index in [0.29, 0.717) is 25.9 Å². The third-order valence-corrected chi connectivity index (χ3v) is 12.3. The number of esters is 2. The molecule has 2 aliphatic rings. The van der Waals surface area contributed by atoms with Crippen LogP contribution in [0.1, 0.15) is 207 Å². The fourth-order valence-electron chi connectivity index (χ4n) is 8.25. The lowest BCUT2D eigenvalue weighted by Gasteiger charge is -2.23. The second-order valence-corrected chi connectivity index (χ2v) is 17.8. The van der Waals surface area contributed by atoms with Crippen LogP contribution in [-0.4, -0.2) is 72.6 Å². The molecule has 2 fully saturated rings. The van der Waals surface area contributed by atoms with E-state index in [1.807, 2.05) is 0 Å². The van der Waals surface area contributed by atoms with E-state index in [1.54, 1.807) is 4.90 Å². The molecule has 0 bridgehead atoms.